The van der Waals surface area contributed by atoms with Crippen LogP contribution in [0.4, 0.5) is 0 Å². The Morgan fingerprint density at radius 3 is 2.71 bits per heavy atom. The predicted molar refractivity (Wildman–Crippen MR) is 75.7 cm³/mol. The van der Waals surface area contributed by atoms with Crippen LogP contribution in [0, 0.1) is 18.6 Å². The van der Waals surface area contributed by atoms with E-state index in [4.69, 9.17) is 12.2 Å². The second-order valence-electron chi connectivity index (χ2n) is 4.35. The third-order valence-electron chi connectivity index (χ3n) is 3.29. The molecule has 0 spiro atoms. The van der Waals surface area contributed by atoms with Gasteiger partial charge in [0.15, 0.2) is 4.77 Å². The molecule has 0 fully saturated rings. The summed E-state index contributed by atoms with van der Waals surface area (Å²) in [6.45, 7) is 8.10. The van der Waals surface area contributed by atoms with Crippen molar-refractivity contribution >= 4 is 33.8 Å². The van der Waals surface area contributed by atoms with Gasteiger partial charge in [-0.2, -0.15) is 0 Å². The van der Waals surface area contributed by atoms with E-state index in [1.54, 1.807) is 15.9 Å². The summed E-state index contributed by atoms with van der Waals surface area (Å²) in [4.78, 5) is 17.7. The van der Waals surface area contributed by atoms with Gasteiger partial charge in [-0.05, 0) is 45.0 Å². The first-order chi connectivity index (χ1) is 7.97. The zero-order valence-corrected chi connectivity index (χ0v) is 12.1. The van der Waals surface area contributed by atoms with Crippen molar-refractivity contribution in [3.05, 3.63) is 25.6 Å². The largest absolute Gasteiger partial charge is 0.323 e. The number of thiophene rings is 1. The summed E-state index contributed by atoms with van der Waals surface area (Å²) in [5.41, 5.74) is 1.11. The molecule has 1 N–H and O–H groups in total. The molecule has 2 rings (SSSR count). The molecule has 0 aromatic carbocycles. The SMILES string of the molecule is CCC(C)n1c(=S)[nH]c2sc(C)c(C)c2c1=O. The third-order valence-corrected chi connectivity index (χ3v) is 4.71. The van der Waals surface area contributed by atoms with E-state index in [9.17, 15) is 4.79 Å². The summed E-state index contributed by atoms with van der Waals surface area (Å²) in [6.07, 6.45) is 0.894. The van der Waals surface area contributed by atoms with Gasteiger partial charge in [-0.1, -0.05) is 6.92 Å². The predicted octanol–water partition coefficient (Wildman–Crippen LogP) is 3.71. The molecule has 1 atom stereocenters. The van der Waals surface area contributed by atoms with Crippen LogP contribution in [0.5, 0.6) is 0 Å². The molecule has 17 heavy (non-hydrogen) atoms. The van der Waals surface area contributed by atoms with Crippen molar-refractivity contribution in [1.82, 2.24) is 9.55 Å². The van der Waals surface area contributed by atoms with Crippen LogP contribution in [-0.4, -0.2) is 9.55 Å². The molecule has 0 saturated carbocycles. The van der Waals surface area contributed by atoms with Crippen molar-refractivity contribution in [2.45, 2.75) is 40.2 Å². The highest BCUT2D eigenvalue weighted by Gasteiger charge is 2.14. The number of rotatable bonds is 2. The van der Waals surface area contributed by atoms with Crippen LogP contribution in [0.15, 0.2) is 4.79 Å². The van der Waals surface area contributed by atoms with Gasteiger partial charge in [0.25, 0.3) is 5.56 Å². The number of aryl methyl sites for hydroxylation is 2. The van der Waals surface area contributed by atoms with Crippen LogP contribution in [0.1, 0.15) is 36.8 Å². The Bertz CT molecular complexity index is 678. The molecule has 92 valence electrons. The van der Waals surface area contributed by atoms with E-state index in [1.165, 1.54) is 4.88 Å². The zero-order chi connectivity index (χ0) is 12.7. The van der Waals surface area contributed by atoms with Crippen LogP contribution in [0.2, 0.25) is 0 Å². The first kappa shape index (κ1) is 12.5. The van der Waals surface area contributed by atoms with Gasteiger partial charge >= 0.3 is 0 Å². The summed E-state index contributed by atoms with van der Waals surface area (Å²) < 4.78 is 2.22. The molecule has 0 saturated heterocycles. The van der Waals surface area contributed by atoms with Gasteiger partial charge in [0.2, 0.25) is 0 Å². The molecule has 0 aliphatic heterocycles. The number of aromatic nitrogens is 2. The first-order valence-electron chi connectivity index (χ1n) is 5.71. The molecule has 0 amide bonds. The minimum atomic E-state index is 0.0416. The normalized spacial score (nSPS) is 13.2. The number of hydrogen-bond acceptors (Lipinski definition) is 3. The molecule has 1 unspecified atom stereocenters. The summed E-state index contributed by atoms with van der Waals surface area (Å²) in [7, 11) is 0. The van der Waals surface area contributed by atoms with Gasteiger partial charge in [-0.15, -0.1) is 11.3 Å². The van der Waals surface area contributed by atoms with Crippen molar-refractivity contribution in [2.75, 3.05) is 0 Å². The Morgan fingerprint density at radius 2 is 2.12 bits per heavy atom. The topological polar surface area (TPSA) is 37.8 Å². The fraction of sp³-hybridized carbons (Fsp3) is 0.500. The Hall–Kier alpha value is -0.940. The maximum absolute atomic E-state index is 12.5. The average molecular weight is 268 g/mol. The zero-order valence-electron chi connectivity index (χ0n) is 10.5. The Morgan fingerprint density at radius 1 is 1.47 bits per heavy atom. The highest BCUT2D eigenvalue weighted by Crippen LogP contribution is 2.26. The number of nitrogens with zero attached hydrogens (tertiary/aromatic N) is 1. The maximum atomic E-state index is 12.5. The molecule has 0 aliphatic rings. The number of H-pyrrole nitrogens is 1. The van der Waals surface area contributed by atoms with Gasteiger partial charge in [-0.25, -0.2) is 0 Å². The van der Waals surface area contributed by atoms with Crippen molar-refractivity contribution < 1.29 is 0 Å². The maximum Gasteiger partial charge on any atom is 0.263 e. The minimum Gasteiger partial charge on any atom is -0.323 e. The van der Waals surface area contributed by atoms with Crippen molar-refractivity contribution in [1.29, 1.82) is 0 Å². The molecule has 2 aromatic rings. The monoisotopic (exact) mass is 268 g/mol. The fourth-order valence-electron chi connectivity index (χ4n) is 1.93. The summed E-state index contributed by atoms with van der Waals surface area (Å²) >= 11 is 6.88. The van der Waals surface area contributed by atoms with E-state index in [-0.39, 0.29) is 11.6 Å². The van der Waals surface area contributed by atoms with Crippen molar-refractivity contribution in [2.24, 2.45) is 0 Å². The molecule has 0 bridgehead atoms. The van der Waals surface area contributed by atoms with Crippen LogP contribution in [0.3, 0.4) is 0 Å². The molecule has 0 radical (unpaired) electrons. The fourth-order valence-corrected chi connectivity index (χ4v) is 3.41. The molecule has 2 aromatic heterocycles. The average Bonchev–Trinajstić information content (AvgIpc) is 2.54. The molecular formula is C12H16N2OS2. The van der Waals surface area contributed by atoms with Crippen LogP contribution in [0.25, 0.3) is 10.2 Å². The van der Waals surface area contributed by atoms with E-state index in [0.717, 1.165) is 22.2 Å². The lowest BCUT2D eigenvalue weighted by atomic mass is 10.2. The van der Waals surface area contributed by atoms with E-state index < -0.39 is 0 Å². The molecule has 5 heteroatoms. The van der Waals surface area contributed by atoms with Crippen molar-refractivity contribution in [3.8, 4) is 0 Å². The van der Waals surface area contributed by atoms with Crippen LogP contribution in [-0.2, 0) is 0 Å². The first-order valence-corrected chi connectivity index (χ1v) is 6.94. The third kappa shape index (κ3) is 1.87. The molecule has 0 aliphatic carbocycles. The Labute approximate surface area is 109 Å². The number of aromatic amines is 1. The van der Waals surface area contributed by atoms with E-state index >= 15 is 0 Å². The van der Waals surface area contributed by atoms with Gasteiger partial charge in [0.1, 0.15) is 4.83 Å². The van der Waals surface area contributed by atoms with Crippen LogP contribution >= 0.6 is 23.6 Å². The second kappa shape index (κ2) is 4.38. The smallest absolute Gasteiger partial charge is 0.263 e. The van der Waals surface area contributed by atoms with E-state index in [2.05, 4.69) is 11.9 Å². The highest BCUT2D eigenvalue weighted by atomic mass is 32.1. The summed E-state index contributed by atoms with van der Waals surface area (Å²) in [5.74, 6) is 0. The Balaban J connectivity index is 2.93. The lowest BCUT2D eigenvalue weighted by Gasteiger charge is -2.12. The minimum absolute atomic E-state index is 0.0416. The standard InChI is InChI=1S/C12H16N2OS2/c1-5-6(2)14-11(15)9-7(3)8(4)17-10(9)13-12(14)16/h6H,5H2,1-4H3,(H,13,16). The number of hydrogen-bond donors (Lipinski definition) is 1. The van der Waals surface area contributed by atoms with Crippen LogP contribution < -0.4 is 5.56 Å². The lowest BCUT2D eigenvalue weighted by Crippen LogP contribution is -2.24. The van der Waals surface area contributed by atoms with Gasteiger partial charge in [0.05, 0.1) is 5.39 Å². The van der Waals surface area contributed by atoms with E-state index in [1.807, 2.05) is 20.8 Å². The quantitative estimate of drug-likeness (QED) is 0.843. The molecule has 2 heterocycles. The summed E-state index contributed by atoms with van der Waals surface area (Å²) in [6, 6.07) is 0.134. The highest BCUT2D eigenvalue weighted by molar-refractivity contribution is 7.71. The van der Waals surface area contributed by atoms with Gasteiger partial charge in [-0.3, -0.25) is 9.36 Å². The number of nitrogens with one attached hydrogen (secondary N) is 1. The summed E-state index contributed by atoms with van der Waals surface area (Å²) in [5, 5.41) is 0.793. The Kier molecular flexibility index (Phi) is 3.23. The molecule has 3 nitrogen and oxygen atoms in total. The van der Waals surface area contributed by atoms with Gasteiger partial charge < -0.3 is 4.98 Å². The number of fused-ring (bicyclic) bond motifs is 1. The van der Waals surface area contributed by atoms with Crippen molar-refractivity contribution in [3.63, 3.8) is 0 Å². The van der Waals surface area contributed by atoms with E-state index in [0.29, 0.717) is 4.77 Å². The molecular weight excluding hydrogens is 252 g/mol. The second-order valence-corrected chi connectivity index (χ2v) is 5.96. The van der Waals surface area contributed by atoms with Gasteiger partial charge in [0, 0.05) is 10.9 Å². The lowest BCUT2D eigenvalue weighted by molar-refractivity contribution is 0.504.